The first-order valence-electron chi connectivity index (χ1n) is 6.35. The fourth-order valence-electron chi connectivity index (χ4n) is 2.24. The maximum atomic E-state index is 5.37. The Morgan fingerprint density at radius 3 is 2.30 bits per heavy atom. The molecule has 3 nitrogen and oxygen atoms in total. The molecule has 1 N–H and O–H groups in total. The van der Waals surface area contributed by atoms with Crippen molar-refractivity contribution in [2.24, 2.45) is 0 Å². The number of ether oxygens (including phenoxy) is 2. The third-order valence-electron chi connectivity index (χ3n) is 3.25. The van der Waals surface area contributed by atoms with Crippen molar-refractivity contribution < 1.29 is 9.47 Å². The molecule has 106 valence electrons. The lowest BCUT2D eigenvalue weighted by Crippen LogP contribution is -2.18. The summed E-state index contributed by atoms with van der Waals surface area (Å²) in [7, 11) is 5.23. The van der Waals surface area contributed by atoms with E-state index in [-0.39, 0.29) is 6.04 Å². The fourth-order valence-corrected chi connectivity index (χ4v) is 2.76. The zero-order chi connectivity index (χ0) is 14.5. The fraction of sp³-hybridized carbons (Fsp3) is 0.250. The Kier molecular flexibility index (Phi) is 5.04. The molecule has 20 heavy (non-hydrogen) atoms. The van der Waals surface area contributed by atoms with E-state index in [2.05, 4.69) is 27.3 Å². The summed E-state index contributed by atoms with van der Waals surface area (Å²) in [5.41, 5.74) is 2.30. The second kappa shape index (κ2) is 6.77. The molecule has 0 fully saturated rings. The highest BCUT2D eigenvalue weighted by molar-refractivity contribution is 9.10. The van der Waals surface area contributed by atoms with E-state index in [4.69, 9.17) is 9.47 Å². The zero-order valence-corrected chi connectivity index (χ0v) is 13.4. The first-order chi connectivity index (χ1) is 9.71. The van der Waals surface area contributed by atoms with Crippen LogP contribution in [0.2, 0.25) is 0 Å². The number of nitrogens with one attached hydrogen (secondary N) is 1. The monoisotopic (exact) mass is 335 g/mol. The van der Waals surface area contributed by atoms with Gasteiger partial charge in [0.25, 0.3) is 0 Å². The van der Waals surface area contributed by atoms with Gasteiger partial charge in [-0.25, -0.2) is 0 Å². The van der Waals surface area contributed by atoms with Crippen LogP contribution in [-0.2, 0) is 0 Å². The predicted octanol–water partition coefficient (Wildman–Crippen LogP) is 3.78. The van der Waals surface area contributed by atoms with Crippen LogP contribution in [0.1, 0.15) is 17.2 Å². The smallest absolute Gasteiger partial charge is 0.161 e. The summed E-state index contributed by atoms with van der Waals surface area (Å²) in [5.74, 6) is 1.47. The zero-order valence-electron chi connectivity index (χ0n) is 11.8. The van der Waals surface area contributed by atoms with Gasteiger partial charge in [0.15, 0.2) is 11.5 Å². The van der Waals surface area contributed by atoms with Gasteiger partial charge in [0.05, 0.1) is 20.3 Å². The quantitative estimate of drug-likeness (QED) is 0.902. The minimum atomic E-state index is 0.0883. The summed E-state index contributed by atoms with van der Waals surface area (Å²) < 4.78 is 11.7. The lowest BCUT2D eigenvalue weighted by molar-refractivity contribution is 0.354. The van der Waals surface area contributed by atoms with Crippen LogP contribution in [0.3, 0.4) is 0 Å². The highest BCUT2D eigenvalue weighted by atomic mass is 79.9. The van der Waals surface area contributed by atoms with E-state index in [9.17, 15) is 0 Å². The molecule has 0 aliphatic heterocycles. The molecule has 0 aliphatic rings. The van der Waals surface area contributed by atoms with Crippen molar-refractivity contribution in [2.45, 2.75) is 6.04 Å². The van der Waals surface area contributed by atoms with Gasteiger partial charge in [0, 0.05) is 4.47 Å². The summed E-state index contributed by atoms with van der Waals surface area (Å²) in [6.07, 6.45) is 0. The van der Waals surface area contributed by atoms with Crippen molar-refractivity contribution in [3.63, 3.8) is 0 Å². The Bertz CT molecular complexity index is 586. The first kappa shape index (κ1) is 14.9. The average Bonchev–Trinajstić information content (AvgIpc) is 2.49. The van der Waals surface area contributed by atoms with Crippen molar-refractivity contribution in [1.82, 2.24) is 5.32 Å². The molecule has 0 radical (unpaired) electrons. The van der Waals surface area contributed by atoms with Gasteiger partial charge >= 0.3 is 0 Å². The van der Waals surface area contributed by atoms with Gasteiger partial charge in [-0.3, -0.25) is 0 Å². The van der Waals surface area contributed by atoms with E-state index >= 15 is 0 Å². The van der Waals surface area contributed by atoms with Gasteiger partial charge < -0.3 is 14.8 Å². The highest BCUT2D eigenvalue weighted by Crippen LogP contribution is 2.34. The van der Waals surface area contributed by atoms with Crippen molar-refractivity contribution >= 4 is 15.9 Å². The SMILES string of the molecule is CNC(c1ccc(OC)c(OC)c1)c1ccccc1Br. The van der Waals surface area contributed by atoms with E-state index in [1.54, 1.807) is 14.2 Å². The Morgan fingerprint density at radius 2 is 1.70 bits per heavy atom. The molecule has 0 saturated carbocycles. The molecule has 1 atom stereocenters. The Morgan fingerprint density at radius 1 is 1.00 bits per heavy atom. The average molecular weight is 336 g/mol. The van der Waals surface area contributed by atoms with E-state index in [0.717, 1.165) is 21.5 Å². The maximum absolute atomic E-state index is 5.37. The van der Waals surface area contributed by atoms with Crippen LogP contribution in [0, 0.1) is 0 Å². The van der Waals surface area contributed by atoms with Crippen LogP contribution in [-0.4, -0.2) is 21.3 Å². The van der Waals surface area contributed by atoms with Crippen LogP contribution in [0.25, 0.3) is 0 Å². The third kappa shape index (κ3) is 2.97. The molecule has 0 amide bonds. The van der Waals surface area contributed by atoms with Crippen LogP contribution >= 0.6 is 15.9 Å². The van der Waals surface area contributed by atoms with E-state index in [1.807, 2.05) is 43.4 Å². The molecule has 0 aromatic heterocycles. The van der Waals surface area contributed by atoms with Crippen molar-refractivity contribution in [2.75, 3.05) is 21.3 Å². The van der Waals surface area contributed by atoms with Gasteiger partial charge in [-0.05, 0) is 36.4 Å². The van der Waals surface area contributed by atoms with Gasteiger partial charge in [-0.2, -0.15) is 0 Å². The summed E-state index contributed by atoms with van der Waals surface area (Å²) in [5, 5.41) is 3.34. The normalized spacial score (nSPS) is 12.0. The number of hydrogen-bond acceptors (Lipinski definition) is 3. The minimum absolute atomic E-state index is 0.0883. The lowest BCUT2D eigenvalue weighted by atomic mass is 9.98. The summed E-state index contributed by atoms with van der Waals surface area (Å²) in [6.45, 7) is 0. The topological polar surface area (TPSA) is 30.5 Å². The predicted molar refractivity (Wildman–Crippen MR) is 84.6 cm³/mol. The molecular formula is C16H18BrNO2. The Hall–Kier alpha value is -1.52. The molecule has 0 heterocycles. The van der Waals surface area contributed by atoms with Gasteiger partial charge in [-0.1, -0.05) is 40.2 Å². The number of methoxy groups -OCH3 is 2. The molecule has 0 bridgehead atoms. The van der Waals surface area contributed by atoms with Crippen LogP contribution < -0.4 is 14.8 Å². The lowest BCUT2D eigenvalue weighted by Gasteiger charge is -2.20. The van der Waals surface area contributed by atoms with E-state index in [0.29, 0.717) is 0 Å². The van der Waals surface area contributed by atoms with Crippen LogP contribution in [0.15, 0.2) is 46.9 Å². The molecular weight excluding hydrogens is 318 g/mol. The van der Waals surface area contributed by atoms with Crippen molar-refractivity contribution in [3.05, 3.63) is 58.1 Å². The summed E-state index contributed by atoms with van der Waals surface area (Å²) in [6, 6.07) is 14.2. The second-order valence-corrected chi connectivity index (χ2v) is 5.21. The number of halogens is 1. The maximum Gasteiger partial charge on any atom is 0.161 e. The van der Waals surface area contributed by atoms with Crippen LogP contribution in [0.5, 0.6) is 11.5 Å². The molecule has 2 rings (SSSR count). The number of rotatable bonds is 5. The number of hydrogen-bond donors (Lipinski definition) is 1. The molecule has 0 saturated heterocycles. The molecule has 2 aromatic carbocycles. The standard InChI is InChI=1S/C16H18BrNO2/c1-18-16(12-6-4-5-7-13(12)17)11-8-9-14(19-2)15(10-11)20-3/h4-10,16,18H,1-3H3. The van der Waals surface area contributed by atoms with E-state index in [1.165, 1.54) is 5.56 Å². The van der Waals surface area contributed by atoms with Crippen LogP contribution in [0.4, 0.5) is 0 Å². The van der Waals surface area contributed by atoms with E-state index < -0.39 is 0 Å². The van der Waals surface area contributed by atoms with Gasteiger partial charge in [0.2, 0.25) is 0 Å². The largest absolute Gasteiger partial charge is 0.493 e. The Balaban J connectivity index is 2.45. The first-order valence-corrected chi connectivity index (χ1v) is 7.14. The summed E-state index contributed by atoms with van der Waals surface area (Å²) in [4.78, 5) is 0. The molecule has 0 spiro atoms. The molecule has 1 unspecified atom stereocenters. The third-order valence-corrected chi connectivity index (χ3v) is 3.97. The van der Waals surface area contributed by atoms with Crippen molar-refractivity contribution in [1.29, 1.82) is 0 Å². The molecule has 0 aliphatic carbocycles. The highest BCUT2D eigenvalue weighted by Gasteiger charge is 2.16. The molecule has 2 aromatic rings. The molecule has 4 heteroatoms. The Labute approximate surface area is 128 Å². The van der Waals surface area contributed by atoms with Gasteiger partial charge in [0.1, 0.15) is 0 Å². The minimum Gasteiger partial charge on any atom is -0.493 e. The van der Waals surface area contributed by atoms with Gasteiger partial charge in [-0.15, -0.1) is 0 Å². The van der Waals surface area contributed by atoms with Crippen molar-refractivity contribution in [3.8, 4) is 11.5 Å². The second-order valence-electron chi connectivity index (χ2n) is 4.36. The summed E-state index contributed by atoms with van der Waals surface area (Å²) >= 11 is 3.60. The number of benzene rings is 2.